The van der Waals surface area contributed by atoms with Gasteiger partial charge in [0.05, 0.1) is 11.6 Å². The van der Waals surface area contributed by atoms with E-state index in [-0.39, 0.29) is 34.8 Å². The van der Waals surface area contributed by atoms with E-state index in [1.165, 1.54) is 18.2 Å². The number of hydrogen-bond donors (Lipinski definition) is 2. The highest BCUT2D eigenvalue weighted by Gasteiger charge is 2.38. The molecule has 0 heterocycles. The van der Waals surface area contributed by atoms with Crippen LogP contribution >= 0.6 is 0 Å². The molecule has 4 rings (SSSR count). The number of ether oxygens (including phenoxy) is 1. The first kappa shape index (κ1) is 17.7. The van der Waals surface area contributed by atoms with Gasteiger partial charge >= 0.3 is 6.09 Å². The number of benzene rings is 2. The van der Waals surface area contributed by atoms with Crippen LogP contribution in [0.5, 0.6) is 5.75 Å². The first-order valence-electron chi connectivity index (χ1n) is 8.84. The number of carbonyl (C=O) groups excluding carboxylic acids is 3. The minimum Gasteiger partial charge on any atom is -0.507 e. The van der Waals surface area contributed by atoms with Gasteiger partial charge in [-0.2, -0.15) is 0 Å². The van der Waals surface area contributed by atoms with E-state index in [2.05, 4.69) is 5.32 Å². The van der Waals surface area contributed by atoms with Gasteiger partial charge in [-0.1, -0.05) is 54.6 Å². The van der Waals surface area contributed by atoms with Gasteiger partial charge in [0.15, 0.2) is 11.6 Å². The highest BCUT2D eigenvalue weighted by atomic mass is 16.5. The number of amides is 1. The van der Waals surface area contributed by atoms with E-state index in [9.17, 15) is 19.5 Å². The average molecular weight is 375 g/mol. The second-order valence-corrected chi connectivity index (χ2v) is 6.57. The topological polar surface area (TPSA) is 92.7 Å². The second kappa shape index (κ2) is 7.15. The van der Waals surface area contributed by atoms with Gasteiger partial charge in [0.1, 0.15) is 12.4 Å². The summed E-state index contributed by atoms with van der Waals surface area (Å²) in [6.45, 7) is 0.0888. The van der Waals surface area contributed by atoms with Gasteiger partial charge in [0, 0.05) is 16.7 Å². The summed E-state index contributed by atoms with van der Waals surface area (Å²) in [4.78, 5) is 38.0. The number of allylic oxidation sites excluding steroid dienone is 2. The molecule has 0 fully saturated rings. The fraction of sp³-hybridized carbons (Fsp3) is 0.136. The number of ketones is 2. The lowest BCUT2D eigenvalue weighted by atomic mass is 9.77. The minimum atomic E-state index is -0.795. The number of alkyl carbamates (subject to hydrolysis) is 1. The van der Waals surface area contributed by atoms with Gasteiger partial charge in [-0.15, -0.1) is 0 Å². The molecular formula is C22H17NO5. The third kappa shape index (κ3) is 3.09. The maximum absolute atomic E-state index is 13.0. The molecule has 2 aromatic carbocycles. The van der Waals surface area contributed by atoms with Gasteiger partial charge < -0.3 is 15.2 Å². The molecule has 0 radical (unpaired) electrons. The van der Waals surface area contributed by atoms with E-state index in [0.29, 0.717) is 12.0 Å². The van der Waals surface area contributed by atoms with Crippen LogP contribution in [0, 0.1) is 0 Å². The Hall–Kier alpha value is -3.67. The van der Waals surface area contributed by atoms with Gasteiger partial charge in [0.2, 0.25) is 0 Å². The van der Waals surface area contributed by atoms with Crippen LogP contribution in [0.1, 0.15) is 32.7 Å². The Kier molecular flexibility index (Phi) is 4.53. The molecular weight excluding hydrogens is 358 g/mol. The molecule has 0 spiro atoms. The molecule has 6 nitrogen and oxygen atoms in total. The quantitative estimate of drug-likeness (QED) is 0.803. The zero-order valence-electron chi connectivity index (χ0n) is 14.8. The Labute approximate surface area is 161 Å². The number of hydrogen-bond acceptors (Lipinski definition) is 5. The molecule has 1 atom stereocenters. The zero-order chi connectivity index (χ0) is 19.7. The highest BCUT2D eigenvalue weighted by molar-refractivity contribution is 6.28. The van der Waals surface area contributed by atoms with Crippen molar-refractivity contribution >= 4 is 17.7 Å². The van der Waals surface area contributed by atoms with Crippen LogP contribution in [-0.4, -0.2) is 28.8 Å². The standard InChI is InChI=1S/C22H17NO5/c24-17-11-5-9-15-19(17)21(26)18-14(20(15)25)8-4-10-16(18)23-22(27)28-12-13-6-2-1-3-7-13/h1-7,9-11,16,24H,8,12H2,(H,23,27). The molecule has 0 aromatic heterocycles. The number of phenols is 1. The Balaban J connectivity index is 1.56. The smallest absolute Gasteiger partial charge is 0.408 e. The summed E-state index contributed by atoms with van der Waals surface area (Å²) in [5.41, 5.74) is 1.51. The van der Waals surface area contributed by atoms with Crippen molar-refractivity contribution in [3.8, 4) is 5.75 Å². The maximum atomic E-state index is 13.0. The molecule has 0 saturated heterocycles. The van der Waals surface area contributed by atoms with Gasteiger partial charge in [-0.05, 0) is 18.1 Å². The number of nitrogens with one attached hydrogen (secondary N) is 1. The van der Waals surface area contributed by atoms with E-state index < -0.39 is 17.9 Å². The number of rotatable bonds is 3. The zero-order valence-corrected chi connectivity index (χ0v) is 14.8. The molecule has 6 heteroatoms. The largest absolute Gasteiger partial charge is 0.507 e. The Morgan fingerprint density at radius 3 is 2.64 bits per heavy atom. The number of phenolic OH excluding ortho intramolecular Hbond substituents is 1. The fourth-order valence-electron chi connectivity index (χ4n) is 3.49. The Morgan fingerprint density at radius 1 is 1.07 bits per heavy atom. The van der Waals surface area contributed by atoms with Crippen LogP contribution < -0.4 is 5.32 Å². The van der Waals surface area contributed by atoms with Crippen molar-refractivity contribution in [3.05, 3.63) is 88.5 Å². The Bertz CT molecular complexity index is 1040. The van der Waals surface area contributed by atoms with Crippen molar-refractivity contribution < 1.29 is 24.2 Å². The summed E-state index contributed by atoms with van der Waals surface area (Å²) in [5.74, 6) is -1.02. The van der Waals surface area contributed by atoms with Crippen LogP contribution in [0.15, 0.2) is 71.8 Å². The van der Waals surface area contributed by atoms with Crippen LogP contribution in [0.3, 0.4) is 0 Å². The van der Waals surface area contributed by atoms with E-state index >= 15 is 0 Å². The number of Topliss-reactive ketones (excluding diaryl/α,β-unsaturated/α-hetero) is 2. The van der Waals surface area contributed by atoms with Crippen LogP contribution in [0.4, 0.5) is 4.79 Å². The number of carbonyl (C=O) groups is 3. The molecule has 2 aromatic rings. The van der Waals surface area contributed by atoms with Gasteiger partial charge in [0.25, 0.3) is 0 Å². The van der Waals surface area contributed by atoms with Crippen molar-refractivity contribution in [3.63, 3.8) is 0 Å². The predicted octanol–water partition coefficient (Wildman–Crippen LogP) is 3.32. The summed E-state index contributed by atoms with van der Waals surface area (Å²) in [6, 6.07) is 12.8. The molecule has 1 amide bonds. The first-order valence-corrected chi connectivity index (χ1v) is 8.84. The summed E-state index contributed by atoms with van der Waals surface area (Å²) in [7, 11) is 0. The van der Waals surface area contributed by atoms with Gasteiger partial charge in [-0.3, -0.25) is 9.59 Å². The maximum Gasteiger partial charge on any atom is 0.408 e. The molecule has 28 heavy (non-hydrogen) atoms. The SMILES string of the molecule is O=C(NC1C=CCC2=C1C(=O)c1c(O)cccc1C2=O)OCc1ccccc1. The lowest BCUT2D eigenvalue weighted by Gasteiger charge is -2.28. The summed E-state index contributed by atoms with van der Waals surface area (Å²) < 4.78 is 5.21. The molecule has 1 unspecified atom stereocenters. The summed E-state index contributed by atoms with van der Waals surface area (Å²) >= 11 is 0. The highest BCUT2D eigenvalue weighted by Crippen LogP contribution is 2.36. The van der Waals surface area contributed by atoms with E-state index in [4.69, 9.17) is 4.74 Å². The molecule has 2 N–H and O–H groups in total. The first-order chi connectivity index (χ1) is 13.6. The predicted molar refractivity (Wildman–Crippen MR) is 101 cm³/mol. The second-order valence-electron chi connectivity index (χ2n) is 6.57. The molecule has 0 bridgehead atoms. The van der Waals surface area contributed by atoms with Crippen LogP contribution in [-0.2, 0) is 11.3 Å². The van der Waals surface area contributed by atoms with Crippen molar-refractivity contribution in [2.24, 2.45) is 0 Å². The molecule has 2 aliphatic rings. The van der Waals surface area contributed by atoms with Crippen LogP contribution in [0.2, 0.25) is 0 Å². The molecule has 2 aliphatic carbocycles. The lowest BCUT2D eigenvalue weighted by Crippen LogP contribution is -2.41. The molecule has 0 saturated carbocycles. The van der Waals surface area contributed by atoms with Gasteiger partial charge in [-0.25, -0.2) is 4.79 Å². The van der Waals surface area contributed by atoms with E-state index in [0.717, 1.165) is 5.56 Å². The van der Waals surface area contributed by atoms with E-state index in [1.54, 1.807) is 12.2 Å². The molecule has 0 aliphatic heterocycles. The third-order valence-electron chi connectivity index (χ3n) is 4.81. The third-order valence-corrected chi connectivity index (χ3v) is 4.81. The minimum absolute atomic E-state index is 0.0222. The van der Waals surface area contributed by atoms with Crippen LogP contribution in [0.25, 0.3) is 0 Å². The average Bonchev–Trinajstić information content (AvgIpc) is 2.71. The number of fused-ring (bicyclic) bond motifs is 1. The van der Waals surface area contributed by atoms with Crippen molar-refractivity contribution in [1.82, 2.24) is 5.32 Å². The molecule has 140 valence electrons. The Morgan fingerprint density at radius 2 is 1.86 bits per heavy atom. The lowest BCUT2D eigenvalue weighted by molar-refractivity contribution is 0.0962. The summed E-state index contributed by atoms with van der Waals surface area (Å²) in [5, 5.41) is 12.7. The number of aromatic hydroxyl groups is 1. The fourth-order valence-corrected chi connectivity index (χ4v) is 3.49. The van der Waals surface area contributed by atoms with E-state index in [1.807, 2.05) is 30.3 Å². The van der Waals surface area contributed by atoms with Crippen molar-refractivity contribution in [1.29, 1.82) is 0 Å². The normalized spacial score (nSPS) is 17.8. The monoisotopic (exact) mass is 375 g/mol. The van der Waals surface area contributed by atoms with Crippen molar-refractivity contribution in [2.45, 2.75) is 19.1 Å². The van der Waals surface area contributed by atoms with Crippen molar-refractivity contribution in [2.75, 3.05) is 0 Å². The summed E-state index contributed by atoms with van der Waals surface area (Å²) in [6.07, 6.45) is 2.99.